The van der Waals surface area contributed by atoms with Crippen molar-refractivity contribution in [3.8, 4) is 6.07 Å². The van der Waals surface area contributed by atoms with Crippen molar-refractivity contribution >= 4 is 16.9 Å². The molecule has 126 valence electrons. The molecule has 2 heterocycles. The summed E-state index contributed by atoms with van der Waals surface area (Å²) < 4.78 is 21.9. The molecule has 0 radical (unpaired) electrons. The number of carboxylic acids is 1. The Kier molecular flexibility index (Phi) is 4.29. The maximum absolute atomic E-state index is 14.5. The minimum absolute atomic E-state index is 0.162. The molecular formula is C18H19FN2O3. The first-order valence-corrected chi connectivity index (χ1v) is 8.06. The van der Waals surface area contributed by atoms with E-state index in [9.17, 15) is 19.6 Å². The Morgan fingerprint density at radius 1 is 1.58 bits per heavy atom. The molecule has 1 aromatic carbocycles. The highest BCUT2D eigenvalue weighted by Crippen LogP contribution is 2.41. The fourth-order valence-corrected chi connectivity index (χ4v) is 3.53. The van der Waals surface area contributed by atoms with Crippen LogP contribution in [-0.2, 0) is 22.5 Å². The van der Waals surface area contributed by atoms with Gasteiger partial charge >= 0.3 is 5.97 Å². The van der Waals surface area contributed by atoms with E-state index in [1.54, 1.807) is 0 Å². The molecule has 2 atom stereocenters. The molecule has 24 heavy (non-hydrogen) atoms. The van der Waals surface area contributed by atoms with Crippen LogP contribution in [0, 0.1) is 23.1 Å². The molecule has 1 aliphatic heterocycles. The maximum Gasteiger partial charge on any atom is 0.323 e. The van der Waals surface area contributed by atoms with Crippen LogP contribution in [0.3, 0.4) is 0 Å². The van der Waals surface area contributed by atoms with Crippen LogP contribution in [0.5, 0.6) is 0 Å². The smallest absolute Gasteiger partial charge is 0.323 e. The number of carboxylic acid groups (broad SMARTS) is 1. The summed E-state index contributed by atoms with van der Waals surface area (Å²) in [5.41, 5.74) is 2.12. The molecule has 1 N–H and O–H groups in total. The van der Waals surface area contributed by atoms with Gasteiger partial charge in [-0.1, -0.05) is 20.3 Å². The number of nitriles is 1. The second-order valence-electron chi connectivity index (χ2n) is 6.20. The van der Waals surface area contributed by atoms with Crippen LogP contribution in [0.4, 0.5) is 4.39 Å². The summed E-state index contributed by atoms with van der Waals surface area (Å²) in [6.45, 7) is 4.20. The average Bonchev–Trinajstić information content (AvgIpc) is 2.90. The van der Waals surface area contributed by atoms with Crippen LogP contribution in [-0.4, -0.2) is 22.2 Å². The number of halogens is 1. The topological polar surface area (TPSA) is 75.2 Å². The van der Waals surface area contributed by atoms with Crippen molar-refractivity contribution in [1.82, 2.24) is 4.57 Å². The van der Waals surface area contributed by atoms with E-state index < -0.39 is 11.8 Å². The number of aliphatic carboxylic acids is 1. The molecule has 3 rings (SSSR count). The van der Waals surface area contributed by atoms with E-state index in [1.807, 2.05) is 13.8 Å². The number of benzene rings is 1. The van der Waals surface area contributed by atoms with Gasteiger partial charge in [-0.25, -0.2) is 4.39 Å². The van der Waals surface area contributed by atoms with Crippen molar-refractivity contribution in [3.05, 3.63) is 34.8 Å². The van der Waals surface area contributed by atoms with Gasteiger partial charge in [-0.05, 0) is 30.0 Å². The SMILES string of the molecule is CCC(C)[C@H]1OCCc2c1n(CC(=O)O)c1c(F)ccc(C#N)c21. The van der Waals surface area contributed by atoms with Crippen molar-refractivity contribution in [1.29, 1.82) is 5.26 Å². The van der Waals surface area contributed by atoms with Gasteiger partial charge in [-0.15, -0.1) is 0 Å². The highest BCUT2D eigenvalue weighted by atomic mass is 19.1. The van der Waals surface area contributed by atoms with Crippen molar-refractivity contribution in [2.75, 3.05) is 6.61 Å². The number of ether oxygens (including phenoxy) is 1. The van der Waals surface area contributed by atoms with E-state index in [0.29, 0.717) is 29.7 Å². The largest absolute Gasteiger partial charge is 0.480 e. The van der Waals surface area contributed by atoms with Crippen LogP contribution in [0.2, 0.25) is 0 Å². The minimum Gasteiger partial charge on any atom is -0.480 e. The number of hydrogen-bond donors (Lipinski definition) is 1. The lowest BCUT2D eigenvalue weighted by atomic mass is 9.92. The number of nitrogens with zero attached hydrogens (tertiary/aromatic N) is 2. The van der Waals surface area contributed by atoms with Gasteiger partial charge in [0.05, 0.1) is 29.5 Å². The summed E-state index contributed by atoms with van der Waals surface area (Å²) in [4.78, 5) is 11.4. The Morgan fingerprint density at radius 3 is 2.96 bits per heavy atom. The van der Waals surface area contributed by atoms with Gasteiger partial charge in [0.15, 0.2) is 0 Å². The minimum atomic E-state index is -1.05. The van der Waals surface area contributed by atoms with E-state index in [2.05, 4.69) is 6.07 Å². The first-order chi connectivity index (χ1) is 11.5. The lowest BCUT2D eigenvalue weighted by molar-refractivity contribution is -0.137. The molecule has 1 aromatic heterocycles. The van der Waals surface area contributed by atoms with Gasteiger partial charge in [-0.3, -0.25) is 4.79 Å². The van der Waals surface area contributed by atoms with Crippen LogP contribution < -0.4 is 0 Å². The second kappa shape index (κ2) is 6.25. The lowest BCUT2D eigenvalue weighted by Crippen LogP contribution is -2.25. The first-order valence-electron chi connectivity index (χ1n) is 8.06. The highest BCUT2D eigenvalue weighted by molar-refractivity contribution is 5.92. The summed E-state index contributed by atoms with van der Waals surface area (Å²) in [6.07, 6.45) is 1.10. The van der Waals surface area contributed by atoms with Crippen LogP contribution >= 0.6 is 0 Å². The molecule has 0 saturated carbocycles. The number of fused-ring (bicyclic) bond motifs is 3. The second-order valence-corrected chi connectivity index (χ2v) is 6.20. The average molecular weight is 330 g/mol. The summed E-state index contributed by atoms with van der Waals surface area (Å²) in [7, 11) is 0. The quantitative estimate of drug-likeness (QED) is 0.932. The molecule has 0 spiro atoms. The van der Waals surface area contributed by atoms with E-state index in [4.69, 9.17) is 4.74 Å². The van der Waals surface area contributed by atoms with Crippen LogP contribution in [0.25, 0.3) is 10.9 Å². The number of rotatable bonds is 4. The molecule has 6 heteroatoms. The van der Waals surface area contributed by atoms with Crippen LogP contribution in [0.1, 0.15) is 43.2 Å². The number of hydrogen-bond acceptors (Lipinski definition) is 3. The molecule has 0 fully saturated rings. The zero-order chi connectivity index (χ0) is 17.4. The molecule has 1 unspecified atom stereocenters. The monoisotopic (exact) mass is 330 g/mol. The Labute approximate surface area is 139 Å². The molecule has 0 aliphatic carbocycles. The van der Waals surface area contributed by atoms with E-state index in [1.165, 1.54) is 16.7 Å². The van der Waals surface area contributed by atoms with Crippen LogP contribution in [0.15, 0.2) is 12.1 Å². The zero-order valence-corrected chi connectivity index (χ0v) is 13.7. The Balaban J connectivity index is 2.40. The summed E-state index contributed by atoms with van der Waals surface area (Å²) in [5.74, 6) is -1.40. The molecule has 0 bridgehead atoms. The van der Waals surface area contributed by atoms with Crippen molar-refractivity contribution < 1.29 is 19.0 Å². The van der Waals surface area contributed by atoms with Gasteiger partial charge in [0.2, 0.25) is 0 Å². The van der Waals surface area contributed by atoms with Gasteiger partial charge in [-0.2, -0.15) is 5.26 Å². The zero-order valence-electron chi connectivity index (χ0n) is 13.7. The van der Waals surface area contributed by atoms with Crippen molar-refractivity contribution in [3.63, 3.8) is 0 Å². The standard InChI is InChI=1S/C18H19FN2O3/c1-3-10(2)18-16-12(6-7-24-18)15-11(8-20)4-5-13(19)17(15)21(16)9-14(22)23/h4-5,10,18H,3,6-7,9H2,1-2H3,(H,22,23)/t10?,18-/m1/s1. The maximum atomic E-state index is 14.5. The molecular weight excluding hydrogens is 311 g/mol. The number of aromatic nitrogens is 1. The predicted octanol–water partition coefficient (Wildman–Crippen LogP) is 3.40. The van der Waals surface area contributed by atoms with Gasteiger partial charge < -0.3 is 14.4 Å². The molecule has 2 aromatic rings. The third-order valence-corrected chi connectivity index (χ3v) is 4.79. The summed E-state index contributed by atoms with van der Waals surface area (Å²) in [6, 6.07) is 4.78. The molecule has 0 amide bonds. The molecule has 0 saturated heterocycles. The Hall–Kier alpha value is -2.39. The first kappa shape index (κ1) is 16.5. The third-order valence-electron chi connectivity index (χ3n) is 4.79. The van der Waals surface area contributed by atoms with Crippen molar-refractivity contribution in [2.45, 2.75) is 39.3 Å². The molecule has 1 aliphatic rings. The van der Waals surface area contributed by atoms with E-state index in [0.717, 1.165) is 12.0 Å². The fourth-order valence-electron chi connectivity index (χ4n) is 3.53. The number of carbonyl (C=O) groups is 1. The van der Waals surface area contributed by atoms with Gasteiger partial charge in [0.25, 0.3) is 0 Å². The highest BCUT2D eigenvalue weighted by Gasteiger charge is 2.33. The summed E-state index contributed by atoms with van der Waals surface area (Å²) >= 11 is 0. The Bertz CT molecular complexity index is 850. The summed E-state index contributed by atoms with van der Waals surface area (Å²) in [5, 5.41) is 19.2. The van der Waals surface area contributed by atoms with Gasteiger partial charge in [0.1, 0.15) is 18.5 Å². The lowest BCUT2D eigenvalue weighted by Gasteiger charge is -2.30. The molecule has 5 nitrogen and oxygen atoms in total. The van der Waals surface area contributed by atoms with Gasteiger partial charge in [0, 0.05) is 5.39 Å². The predicted molar refractivity (Wildman–Crippen MR) is 86.1 cm³/mol. The van der Waals surface area contributed by atoms with Crippen molar-refractivity contribution in [2.24, 2.45) is 5.92 Å². The van der Waals surface area contributed by atoms with E-state index >= 15 is 0 Å². The Morgan fingerprint density at radius 2 is 2.33 bits per heavy atom. The third kappa shape index (κ3) is 2.45. The fraction of sp³-hybridized carbons (Fsp3) is 0.444. The van der Waals surface area contributed by atoms with E-state index in [-0.39, 0.29) is 24.1 Å². The normalized spacial score (nSPS) is 18.2.